The Kier molecular flexibility index (Phi) is 7.91. The van der Waals surface area contributed by atoms with Gasteiger partial charge < -0.3 is 14.2 Å². The summed E-state index contributed by atoms with van der Waals surface area (Å²) >= 11 is 0. The minimum Gasteiger partial charge on any atom is -0.447 e. The smallest absolute Gasteiger partial charge is 0.416 e. The van der Waals surface area contributed by atoms with Gasteiger partial charge >= 0.3 is 6.18 Å². The molecule has 0 atom stereocenters. The molecule has 1 saturated heterocycles. The average molecular weight is 519 g/mol. The Morgan fingerprint density at radius 1 is 0.973 bits per heavy atom. The SMILES string of the molecule is CC(=O)N1CCN(C(=O)c2coc(CN(Cc3cccc(C(F)(F)F)c3)Cc3ccccc3F)n2)CC1. The molecule has 3 aromatic rings. The number of piperazine rings is 1. The molecule has 0 unspecified atom stereocenters. The van der Waals surface area contributed by atoms with Crippen molar-refractivity contribution in [2.75, 3.05) is 26.2 Å². The zero-order valence-electron chi connectivity index (χ0n) is 20.2. The van der Waals surface area contributed by atoms with Crippen LogP contribution in [0.15, 0.2) is 59.2 Å². The molecule has 1 aliphatic heterocycles. The monoisotopic (exact) mass is 518 g/mol. The van der Waals surface area contributed by atoms with Crippen molar-refractivity contribution >= 4 is 11.8 Å². The number of alkyl halides is 3. The van der Waals surface area contributed by atoms with Crippen LogP contribution in [0.3, 0.4) is 0 Å². The highest BCUT2D eigenvalue weighted by Gasteiger charge is 2.30. The molecule has 37 heavy (non-hydrogen) atoms. The number of carbonyl (C=O) groups excluding carboxylic acids is 2. The number of carbonyl (C=O) groups is 2. The van der Waals surface area contributed by atoms with E-state index >= 15 is 0 Å². The highest BCUT2D eigenvalue weighted by atomic mass is 19.4. The first-order valence-electron chi connectivity index (χ1n) is 11.7. The molecule has 11 heteroatoms. The quantitative estimate of drug-likeness (QED) is 0.436. The zero-order chi connectivity index (χ0) is 26.6. The van der Waals surface area contributed by atoms with Crippen LogP contribution >= 0.6 is 0 Å². The summed E-state index contributed by atoms with van der Waals surface area (Å²) in [5, 5.41) is 0. The van der Waals surface area contributed by atoms with Crippen LogP contribution in [0.4, 0.5) is 17.6 Å². The van der Waals surface area contributed by atoms with Crippen LogP contribution in [0.1, 0.15) is 40.0 Å². The minimum absolute atomic E-state index is 0.0377. The van der Waals surface area contributed by atoms with Crippen molar-refractivity contribution in [1.82, 2.24) is 19.7 Å². The van der Waals surface area contributed by atoms with Crippen molar-refractivity contribution < 1.29 is 31.6 Å². The van der Waals surface area contributed by atoms with Crippen LogP contribution < -0.4 is 0 Å². The summed E-state index contributed by atoms with van der Waals surface area (Å²) in [6.07, 6.45) is -3.25. The van der Waals surface area contributed by atoms with E-state index < -0.39 is 17.6 Å². The van der Waals surface area contributed by atoms with Gasteiger partial charge in [0.05, 0.1) is 12.1 Å². The summed E-state index contributed by atoms with van der Waals surface area (Å²) < 4.78 is 59.5. The first-order chi connectivity index (χ1) is 17.6. The predicted molar refractivity (Wildman–Crippen MR) is 125 cm³/mol. The molecule has 1 aromatic heterocycles. The number of hydrogen-bond donors (Lipinski definition) is 0. The molecule has 7 nitrogen and oxygen atoms in total. The van der Waals surface area contributed by atoms with E-state index in [1.807, 2.05) is 0 Å². The van der Waals surface area contributed by atoms with Gasteiger partial charge in [-0.15, -0.1) is 0 Å². The molecule has 196 valence electrons. The Balaban J connectivity index is 1.50. The predicted octanol–water partition coefficient (Wildman–Crippen LogP) is 4.34. The summed E-state index contributed by atoms with van der Waals surface area (Å²) in [6, 6.07) is 11.1. The maximum Gasteiger partial charge on any atom is 0.416 e. The molecule has 0 bridgehead atoms. The van der Waals surface area contributed by atoms with E-state index in [1.165, 1.54) is 25.3 Å². The topological polar surface area (TPSA) is 69.9 Å². The Morgan fingerprint density at radius 2 is 1.68 bits per heavy atom. The lowest BCUT2D eigenvalue weighted by Crippen LogP contribution is -2.50. The summed E-state index contributed by atoms with van der Waals surface area (Å²) in [4.78, 5) is 33.6. The third kappa shape index (κ3) is 6.73. The fraction of sp³-hybridized carbons (Fsp3) is 0.346. The van der Waals surface area contributed by atoms with Gasteiger partial charge in [-0.1, -0.05) is 36.4 Å². The summed E-state index contributed by atoms with van der Waals surface area (Å²) in [5.74, 6) is -0.651. The first kappa shape index (κ1) is 26.3. The highest BCUT2D eigenvalue weighted by molar-refractivity contribution is 5.92. The first-order valence-corrected chi connectivity index (χ1v) is 11.7. The van der Waals surface area contributed by atoms with E-state index in [0.717, 1.165) is 12.1 Å². The number of aromatic nitrogens is 1. The Labute approximate surface area is 211 Å². The van der Waals surface area contributed by atoms with Gasteiger partial charge in [0.1, 0.15) is 12.1 Å². The number of oxazole rings is 1. The summed E-state index contributed by atoms with van der Waals surface area (Å²) in [5.41, 5.74) is 0.0685. The molecule has 0 aliphatic carbocycles. The van der Waals surface area contributed by atoms with E-state index in [4.69, 9.17) is 4.42 Å². The molecule has 0 spiro atoms. The van der Waals surface area contributed by atoms with Crippen LogP contribution in [-0.2, 0) is 30.6 Å². The van der Waals surface area contributed by atoms with Gasteiger partial charge in [-0.2, -0.15) is 13.2 Å². The lowest BCUT2D eigenvalue weighted by molar-refractivity contribution is -0.137. The largest absolute Gasteiger partial charge is 0.447 e. The lowest BCUT2D eigenvalue weighted by Gasteiger charge is -2.33. The van der Waals surface area contributed by atoms with E-state index in [2.05, 4.69) is 4.98 Å². The molecular formula is C26H26F4N4O3. The van der Waals surface area contributed by atoms with E-state index in [9.17, 15) is 27.2 Å². The normalized spacial score (nSPS) is 14.3. The van der Waals surface area contributed by atoms with Crippen molar-refractivity contribution in [3.05, 3.63) is 88.9 Å². The maximum absolute atomic E-state index is 14.4. The number of rotatable bonds is 7. The number of nitrogens with zero attached hydrogens (tertiary/aromatic N) is 4. The highest BCUT2D eigenvalue weighted by Crippen LogP contribution is 2.30. The second kappa shape index (κ2) is 11.1. The van der Waals surface area contributed by atoms with Crippen molar-refractivity contribution in [1.29, 1.82) is 0 Å². The van der Waals surface area contributed by atoms with Gasteiger partial charge in [-0.05, 0) is 17.7 Å². The van der Waals surface area contributed by atoms with Gasteiger partial charge in [-0.25, -0.2) is 9.37 Å². The Morgan fingerprint density at radius 3 is 2.35 bits per heavy atom. The summed E-state index contributed by atoms with van der Waals surface area (Å²) in [7, 11) is 0. The molecule has 0 N–H and O–H groups in total. The fourth-order valence-corrected chi connectivity index (χ4v) is 4.20. The van der Waals surface area contributed by atoms with E-state index in [1.54, 1.807) is 39.0 Å². The molecular weight excluding hydrogens is 492 g/mol. The minimum atomic E-state index is -4.49. The van der Waals surface area contributed by atoms with Gasteiger partial charge in [0.2, 0.25) is 11.8 Å². The maximum atomic E-state index is 14.4. The van der Waals surface area contributed by atoms with Crippen LogP contribution in [0.25, 0.3) is 0 Å². The second-order valence-corrected chi connectivity index (χ2v) is 8.86. The van der Waals surface area contributed by atoms with Crippen molar-refractivity contribution in [3.63, 3.8) is 0 Å². The van der Waals surface area contributed by atoms with Gasteiger partial charge in [-0.3, -0.25) is 14.5 Å². The third-order valence-corrected chi connectivity index (χ3v) is 6.15. The van der Waals surface area contributed by atoms with Gasteiger partial charge in [0.15, 0.2) is 5.69 Å². The van der Waals surface area contributed by atoms with Crippen LogP contribution in [0.5, 0.6) is 0 Å². The van der Waals surface area contributed by atoms with Gasteiger partial charge in [0.25, 0.3) is 5.91 Å². The second-order valence-electron chi connectivity index (χ2n) is 8.86. The number of halogens is 4. The molecule has 1 aliphatic rings. The van der Waals surface area contributed by atoms with Crippen molar-refractivity contribution in [3.8, 4) is 0 Å². The fourth-order valence-electron chi connectivity index (χ4n) is 4.20. The number of benzene rings is 2. The Hall–Kier alpha value is -3.73. The van der Waals surface area contributed by atoms with Crippen LogP contribution in [-0.4, -0.2) is 57.7 Å². The standard InChI is InChI=1S/C26H26F4N4O3/c1-18(35)33-9-11-34(12-10-33)25(36)23-17-37-24(31-23)16-32(15-20-6-2-3-8-22(20)27)14-19-5-4-7-21(13-19)26(28,29)30/h2-8,13,17H,9-12,14-16H2,1H3. The van der Waals surface area contributed by atoms with E-state index in [-0.39, 0.29) is 43.0 Å². The molecule has 4 rings (SSSR count). The average Bonchev–Trinajstić information content (AvgIpc) is 3.33. The van der Waals surface area contributed by atoms with Crippen molar-refractivity contribution in [2.45, 2.75) is 32.7 Å². The number of amides is 2. The van der Waals surface area contributed by atoms with E-state index in [0.29, 0.717) is 37.3 Å². The molecule has 2 aromatic carbocycles. The molecule has 0 saturated carbocycles. The van der Waals surface area contributed by atoms with Gasteiger partial charge in [0, 0.05) is 51.8 Å². The third-order valence-electron chi connectivity index (χ3n) is 6.15. The van der Waals surface area contributed by atoms with Crippen molar-refractivity contribution in [2.24, 2.45) is 0 Å². The molecule has 2 heterocycles. The Bertz CT molecular complexity index is 1250. The zero-order valence-corrected chi connectivity index (χ0v) is 20.2. The molecule has 0 radical (unpaired) electrons. The molecule has 1 fully saturated rings. The lowest BCUT2D eigenvalue weighted by atomic mass is 10.1. The summed E-state index contributed by atoms with van der Waals surface area (Å²) in [6.45, 7) is 3.27. The number of hydrogen-bond acceptors (Lipinski definition) is 5. The van der Waals surface area contributed by atoms with Crippen LogP contribution in [0.2, 0.25) is 0 Å². The molecule has 2 amide bonds. The van der Waals surface area contributed by atoms with Crippen LogP contribution in [0, 0.1) is 5.82 Å².